The topological polar surface area (TPSA) is 94.8 Å². The smallest absolute Gasteiger partial charge is 0.306 e. The van der Waals surface area contributed by atoms with Gasteiger partial charge in [-0.25, -0.2) is 17.9 Å². The number of hydrogen-bond acceptors (Lipinski definition) is 3. The maximum atomic E-state index is 12.4. The lowest BCUT2D eigenvalue weighted by atomic mass is 10.0. The number of sulfonamides is 1. The fourth-order valence-corrected chi connectivity index (χ4v) is 3.50. The summed E-state index contributed by atoms with van der Waals surface area (Å²) in [5.74, 6) is 0.352. The molecule has 0 fully saturated rings. The Morgan fingerprint density at radius 2 is 1.67 bits per heavy atom. The maximum absolute atomic E-state index is 12.4. The van der Waals surface area contributed by atoms with Crippen LogP contribution in [0.15, 0.2) is 52.2 Å². The highest BCUT2D eigenvalue weighted by atomic mass is 32.2. The lowest BCUT2D eigenvalue weighted by Gasteiger charge is -2.09. The quantitative estimate of drug-likeness (QED) is 0.663. The van der Waals surface area contributed by atoms with E-state index in [0.29, 0.717) is 17.0 Å². The van der Waals surface area contributed by atoms with Crippen molar-refractivity contribution >= 4 is 21.1 Å². The van der Waals surface area contributed by atoms with Crippen LogP contribution in [0.4, 0.5) is 0 Å². The summed E-state index contributed by atoms with van der Waals surface area (Å²) < 4.78 is 27.3. The van der Waals surface area contributed by atoms with Crippen LogP contribution in [0.5, 0.6) is 0 Å². The van der Waals surface area contributed by atoms with Gasteiger partial charge in [0.2, 0.25) is 10.0 Å². The molecule has 24 heavy (non-hydrogen) atoms. The van der Waals surface area contributed by atoms with E-state index in [2.05, 4.69) is 28.5 Å². The molecule has 0 atom stereocenters. The molecule has 3 N–H and O–H groups in total. The van der Waals surface area contributed by atoms with Gasteiger partial charge in [-0.2, -0.15) is 0 Å². The maximum Gasteiger partial charge on any atom is 0.323 e. The van der Waals surface area contributed by atoms with Gasteiger partial charge in [0, 0.05) is 6.54 Å². The van der Waals surface area contributed by atoms with Gasteiger partial charge in [0.25, 0.3) is 0 Å². The molecule has 0 aliphatic carbocycles. The predicted molar refractivity (Wildman–Crippen MR) is 93.5 cm³/mol. The molecule has 1 aromatic heterocycles. The first-order chi connectivity index (χ1) is 11.3. The molecule has 0 aliphatic heterocycles. The molecule has 7 heteroatoms. The minimum Gasteiger partial charge on any atom is -0.306 e. The predicted octanol–water partition coefficient (Wildman–Crippen LogP) is 2.46. The number of H-pyrrole nitrogens is 2. The molecule has 6 nitrogen and oxygen atoms in total. The highest BCUT2D eigenvalue weighted by Crippen LogP contribution is 2.18. The van der Waals surface area contributed by atoms with Crippen molar-refractivity contribution in [1.82, 2.24) is 14.7 Å². The van der Waals surface area contributed by atoms with Crippen LogP contribution in [-0.4, -0.2) is 18.4 Å². The van der Waals surface area contributed by atoms with E-state index in [1.54, 1.807) is 30.3 Å². The molecule has 0 radical (unpaired) electrons. The van der Waals surface area contributed by atoms with Crippen molar-refractivity contribution in [2.75, 3.05) is 0 Å². The molecule has 1 heterocycles. The molecule has 0 amide bonds. The van der Waals surface area contributed by atoms with E-state index < -0.39 is 10.0 Å². The van der Waals surface area contributed by atoms with Crippen molar-refractivity contribution in [3.05, 3.63) is 64.1 Å². The molecule has 3 rings (SSSR count). The summed E-state index contributed by atoms with van der Waals surface area (Å²) in [4.78, 5) is 16.8. The average molecular weight is 345 g/mol. The van der Waals surface area contributed by atoms with E-state index in [1.807, 2.05) is 12.1 Å². The van der Waals surface area contributed by atoms with Gasteiger partial charge in [-0.15, -0.1) is 0 Å². The van der Waals surface area contributed by atoms with Crippen molar-refractivity contribution in [2.45, 2.75) is 31.2 Å². The molecule has 0 bridgehead atoms. The lowest BCUT2D eigenvalue weighted by molar-refractivity contribution is 0.581. The summed E-state index contributed by atoms with van der Waals surface area (Å²) in [6, 6.07) is 12.2. The standard InChI is InChI=1S/C17H19N3O3S/c1-11(2)13-4-6-14(7-5-13)24(22,23)18-10-12-3-8-15-16(9-12)20-17(21)19-15/h3-9,11,18H,10H2,1-2H3,(H2,19,20,21). The van der Waals surface area contributed by atoms with Crippen LogP contribution in [0.25, 0.3) is 11.0 Å². The van der Waals surface area contributed by atoms with Gasteiger partial charge in [0.15, 0.2) is 0 Å². The third-order valence-corrected chi connectivity index (χ3v) is 5.32. The minimum atomic E-state index is -3.58. The third-order valence-electron chi connectivity index (χ3n) is 3.90. The number of fused-ring (bicyclic) bond motifs is 1. The zero-order valence-corrected chi connectivity index (χ0v) is 14.3. The van der Waals surface area contributed by atoms with Crippen molar-refractivity contribution in [1.29, 1.82) is 0 Å². The highest BCUT2D eigenvalue weighted by molar-refractivity contribution is 7.89. The fourth-order valence-electron chi connectivity index (χ4n) is 2.48. The molecule has 0 aliphatic rings. The summed E-state index contributed by atoms with van der Waals surface area (Å²) in [7, 11) is -3.58. The molecule has 0 saturated carbocycles. The van der Waals surface area contributed by atoms with Gasteiger partial charge in [0.05, 0.1) is 15.9 Å². The second-order valence-electron chi connectivity index (χ2n) is 6.01. The minimum absolute atomic E-state index is 0.150. The van der Waals surface area contributed by atoms with Crippen LogP contribution >= 0.6 is 0 Å². The van der Waals surface area contributed by atoms with Crippen LogP contribution in [-0.2, 0) is 16.6 Å². The zero-order valence-electron chi connectivity index (χ0n) is 13.5. The largest absolute Gasteiger partial charge is 0.323 e. The Hall–Kier alpha value is -2.38. The molecular formula is C17H19N3O3S. The third kappa shape index (κ3) is 3.42. The Labute approximate surface area is 140 Å². The van der Waals surface area contributed by atoms with Crippen LogP contribution in [0.1, 0.15) is 30.9 Å². The number of imidazole rings is 1. The van der Waals surface area contributed by atoms with Gasteiger partial charge < -0.3 is 9.97 Å². The van der Waals surface area contributed by atoms with E-state index >= 15 is 0 Å². The normalized spacial score (nSPS) is 12.1. The fraction of sp³-hybridized carbons (Fsp3) is 0.235. The number of nitrogens with one attached hydrogen (secondary N) is 3. The summed E-state index contributed by atoms with van der Waals surface area (Å²) >= 11 is 0. The summed E-state index contributed by atoms with van der Waals surface area (Å²) in [6.07, 6.45) is 0. The lowest BCUT2D eigenvalue weighted by Crippen LogP contribution is -2.23. The molecule has 0 unspecified atom stereocenters. The van der Waals surface area contributed by atoms with Crippen molar-refractivity contribution < 1.29 is 8.42 Å². The van der Waals surface area contributed by atoms with Crippen LogP contribution in [0, 0.1) is 0 Å². The molecule has 0 spiro atoms. The first-order valence-corrected chi connectivity index (χ1v) is 9.14. The SMILES string of the molecule is CC(C)c1ccc(S(=O)(=O)NCc2ccc3[nH]c(=O)[nH]c3c2)cc1. The Morgan fingerprint density at radius 3 is 2.33 bits per heavy atom. The van der Waals surface area contributed by atoms with E-state index in [0.717, 1.165) is 11.1 Å². The Morgan fingerprint density at radius 1 is 1.00 bits per heavy atom. The number of aromatic amines is 2. The first-order valence-electron chi connectivity index (χ1n) is 7.66. The van der Waals surface area contributed by atoms with E-state index in [9.17, 15) is 13.2 Å². The van der Waals surface area contributed by atoms with Crippen molar-refractivity contribution in [3.63, 3.8) is 0 Å². The molecule has 0 saturated heterocycles. The van der Waals surface area contributed by atoms with Gasteiger partial charge >= 0.3 is 5.69 Å². The van der Waals surface area contributed by atoms with Gasteiger partial charge in [-0.3, -0.25) is 0 Å². The number of aromatic nitrogens is 2. The Balaban J connectivity index is 1.77. The van der Waals surface area contributed by atoms with E-state index in [1.165, 1.54) is 0 Å². The highest BCUT2D eigenvalue weighted by Gasteiger charge is 2.14. The van der Waals surface area contributed by atoms with Crippen LogP contribution in [0.3, 0.4) is 0 Å². The van der Waals surface area contributed by atoms with Crippen LogP contribution in [0.2, 0.25) is 0 Å². The summed E-state index contributed by atoms with van der Waals surface area (Å²) in [5, 5.41) is 0. The summed E-state index contributed by atoms with van der Waals surface area (Å²) in [5.41, 5.74) is 2.91. The molecule has 3 aromatic rings. The number of benzene rings is 2. The van der Waals surface area contributed by atoms with E-state index in [-0.39, 0.29) is 17.1 Å². The molecular weight excluding hydrogens is 326 g/mol. The van der Waals surface area contributed by atoms with E-state index in [4.69, 9.17) is 0 Å². The number of rotatable bonds is 5. The zero-order chi connectivity index (χ0) is 17.3. The second-order valence-corrected chi connectivity index (χ2v) is 7.77. The van der Waals surface area contributed by atoms with Crippen molar-refractivity contribution in [2.24, 2.45) is 0 Å². The van der Waals surface area contributed by atoms with Gasteiger partial charge in [0.1, 0.15) is 0 Å². The van der Waals surface area contributed by atoms with Gasteiger partial charge in [-0.1, -0.05) is 32.0 Å². The van der Waals surface area contributed by atoms with Crippen LogP contribution < -0.4 is 10.4 Å². The summed E-state index contributed by atoms with van der Waals surface area (Å²) in [6.45, 7) is 4.27. The Bertz CT molecular complexity index is 1020. The number of hydrogen-bond donors (Lipinski definition) is 3. The van der Waals surface area contributed by atoms with Crippen molar-refractivity contribution in [3.8, 4) is 0 Å². The monoisotopic (exact) mass is 345 g/mol. The molecule has 2 aromatic carbocycles. The van der Waals surface area contributed by atoms with Gasteiger partial charge in [-0.05, 0) is 41.3 Å². The second kappa shape index (κ2) is 6.26. The average Bonchev–Trinajstić information content (AvgIpc) is 2.92. The Kier molecular flexibility index (Phi) is 4.29. The first kappa shape index (κ1) is 16.5. The molecule has 126 valence electrons.